The van der Waals surface area contributed by atoms with E-state index in [0.717, 1.165) is 24.8 Å². The Morgan fingerprint density at radius 1 is 1.05 bits per heavy atom. The van der Waals surface area contributed by atoms with Gasteiger partial charge in [-0.15, -0.1) is 0 Å². The third kappa shape index (κ3) is 6.71. The molecule has 0 saturated carbocycles. The third-order valence-corrected chi connectivity index (χ3v) is 7.20. The van der Waals surface area contributed by atoms with E-state index in [2.05, 4.69) is 27.4 Å². The molecule has 11 heteroatoms. The van der Waals surface area contributed by atoms with E-state index < -0.39 is 18.0 Å². The summed E-state index contributed by atoms with van der Waals surface area (Å²) in [6.45, 7) is 1.92. The molecule has 1 amide bonds. The average molecular weight is 526 g/mol. The number of piperidine rings is 1. The normalized spacial score (nSPS) is 18.2. The molecule has 2 aromatic rings. The Bertz CT molecular complexity index is 1200. The molecule has 2 aliphatic heterocycles. The van der Waals surface area contributed by atoms with Crippen LogP contribution in [0.25, 0.3) is 0 Å². The first-order chi connectivity index (χ1) is 18.3. The van der Waals surface area contributed by atoms with Gasteiger partial charge in [0.2, 0.25) is 11.7 Å². The molecule has 2 fully saturated rings. The zero-order valence-corrected chi connectivity index (χ0v) is 21.0. The van der Waals surface area contributed by atoms with Crippen molar-refractivity contribution >= 4 is 17.5 Å². The predicted molar refractivity (Wildman–Crippen MR) is 135 cm³/mol. The molecule has 0 spiro atoms. The van der Waals surface area contributed by atoms with Crippen LogP contribution in [0.2, 0.25) is 0 Å². The van der Waals surface area contributed by atoms with Crippen molar-refractivity contribution in [3.63, 3.8) is 0 Å². The molecule has 1 aromatic carbocycles. The van der Waals surface area contributed by atoms with E-state index in [1.165, 1.54) is 0 Å². The molecule has 0 radical (unpaired) electrons. The number of carbonyl (C=O) groups is 1. The zero-order chi connectivity index (χ0) is 27.1. The van der Waals surface area contributed by atoms with Crippen LogP contribution in [0.1, 0.15) is 55.5 Å². The van der Waals surface area contributed by atoms with Gasteiger partial charge in [0, 0.05) is 38.7 Å². The summed E-state index contributed by atoms with van der Waals surface area (Å²) in [5.74, 6) is -0.747. The summed E-state index contributed by atoms with van der Waals surface area (Å²) in [5.41, 5.74) is 1.53. The minimum atomic E-state index is -4.71. The lowest BCUT2D eigenvalue weighted by Gasteiger charge is -2.33. The first kappa shape index (κ1) is 27.2. The Kier molecular flexibility index (Phi) is 8.67. The molecule has 1 aromatic heterocycles. The minimum Gasteiger partial charge on any atom is -0.356 e. The summed E-state index contributed by atoms with van der Waals surface area (Å²) in [7, 11) is 0. The van der Waals surface area contributed by atoms with Crippen LogP contribution < -0.4 is 15.1 Å². The number of nitriles is 2. The quantitative estimate of drug-likeness (QED) is 0.550. The average Bonchev–Trinajstić information content (AvgIpc) is 3.42. The highest BCUT2D eigenvalue weighted by atomic mass is 19.4. The molecule has 200 valence electrons. The summed E-state index contributed by atoms with van der Waals surface area (Å²) in [6, 6.07) is 12.3. The number of alkyl halides is 3. The van der Waals surface area contributed by atoms with Crippen molar-refractivity contribution < 1.29 is 18.0 Å². The van der Waals surface area contributed by atoms with Crippen LogP contribution >= 0.6 is 0 Å². The van der Waals surface area contributed by atoms with Crippen molar-refractivity contribution in [2.24, 2.45) is 5.92 Å². The maximum atomic E-state index is 13.7. The standard InChI is InChI=1S/C27H30F3N7O/c28-27(29,30)26-34-23(36-15-10-19(11-16-36)3-1-12-31)17-24(35-26)37-14-2-4-22(37)25(38)33-13-9-20-5-7-21(18-32)8-6-20/h5-8,17,19,22H,1-4,9-11,13-16H2,(H,33,38). The van der Waals surface area contributed by atoms with Crippen LogP contribution in [-0.4, -0.2) is 48.1 Å². The number of benzene rings is 1. The van der Waals surface area contributed by atoms with Gasteiger partial charge < -0.3 is 15.1 Å². The number of halogens is 3. The fourth-order valence-electron chi connectivity index (χ4n) is 5.08. The number of hydrogen-bond donors (Lipinski definition) is 1. The van der Waals surface area contributed by atoms with Crippen LogP contribution in [0.15, 0.2) is 30.3 Å². The summed E-state index contributed by atoms with van der Waals surface area (Å²) >= 11 is 0. The second-order valence-corrected chi connectivity index (χ2v) is 9.73. The zero-order valence-electron chi connectivity index (χ0n) is 21.0. The van der Waals surface area contributed by atoms with E-state index >= 15 is 0 Å². The smallest absolute Gasteiger partial charge is 0.356 e. The number of nitrogens with one attached hydrogen (secondary N) is 1. The Balaban J connectivity index is 1.45. The van der Waals surface area contributed by atoms with Gasteiger partial charge in [0.15, 0.2) is 0 Å². The van der Waals surface area contributed by atoms with E-state index in [1.807, 2.05) is 17.0 Å². The molecule has 1 N–H and O–H groups in total. The van der Waals surface area contributed by atoms with Crippen molar-refractivity contribution in [3.05, 3.63) is 47.3 Å². The van der Waals surface area contributed by atoms with Crippen molar-refractivity contribution in [1.29, 1.82) is 10.5 Å². The molecule has 2 aliphatic rings. The predicted octanol–water partition coefficient (Wildman–Crippen LogP) is 4.21. The first-order valence-electron chi connectivity index (χ1n) is 12.9. The summed E-state index contributed by atoms with van der Waals surface area (Å²) in [4.78, 5) is 24.2. The number of carbonyl (C=O) groups excluding carboxylic acids is 1. The van der Waals surface area contributed by atoms with Crippen molar-refractivity contribution in [2.75, 3.05) is 36.0 Å². The van der Waals surface area contributed by atoms with Gasteiger partial charge in [0.05, 0.1) is 17.7 Å². The maximum absolute atomic E-state index is 13.7. The number of anilines is 2. The minimum absolute atomic E-state index is 0.110. The summed E-state index contributed by atoms with van der Waals surface area (Å²) in [5, 5.41) is 20.6. The Morgan fingerprint density at radius 3 is 2.42 bits per heavy atom. The second-order valence-electron chi connectivity index (χ2n) is 9.73. The number of amides is 1. The van der Waals surface area contributed by atoms with Gasteiger partial charge in [0.1, 0.15) is 17.7 Å². The Hall–Kier alpha value is -3.86. The van der Waals surface area contributed by atoms with Crippen molar-refractivity contribution in [3.8, 4) is 12.1 Å². The number of nitrogens with zero attached hydrogens (tertiary/aromatic N) is 6. The van der Waals surface area contributed by atoms with Crippen LogP contribution in [0.4, 0.5) is 24.8 Å². The van der Waals surface area contributed by atoms with Crippen molar-refractivity contribution in [2.45, 2.75) is 57.2 Å². The molecule has 1 unspecified atom stereocenters. The lowest BCUT2D eigenvalue weighted by atomic mass is 9.92. The van der Waals surface area contributed by atoms with Gasteiger partial charge in [-0.2, -0.15) is 23.7 Å². The highest BCUT2D eigenvalue weighted by molar-refractivity contribution is 5.85. The van der Waals surface area contributed by atoms with E-state index in [-0.39, 0.29) is 17.5 Å². The van der Waals surface area contributed by atoms with E-state index in [4.69, 9.17) is 10.5 Å². The molecule has 0 aliphatic carbocycles. The molecule has 3 heterocycles. The van der Waals surface area contributed by atoms with Crippen LogP contribution in [0.3, 0.4) is 0 Å². The topological polar surface area (TPSA) is 109 Å². The van der Waals surface area contributed by atoms with Gasteiger partial charge in [0.25, 0.3) is 0 Å². The van der Waals surface area contributed by atoms with E-state index in [1.54, 1.807) is 23.1 Å². The largest absolute Gasteiger partial charge is 0.451 e. The number of aromatic nitrogens is 2. The lowest BCUT2D eigenvalue weighted by Crippen LogP contribution is -2.44. The monoisotopic (exact) mass is 525 g/mol. The van der Waals surface area contributed by atoms with Crippen LogP contribution in [0.5, 0.6) is 0 Å². The van der Waals surface area contributed by atoms with Gasteiger partial charge in [-0.25, -0.2) is 9.97 Å². The van der Waals surface area contributed by atoms with Gasteiger partial charge in [-0.05, 0) is 62.1 Å². The fourth-order valence-corrected chi connectivity index (χ4v) is 5.08. The first-order valence-corrected chi connectivity index (χ1v) is 12.9. The fraction of sp³-hybridized carbons (Fsp3) is 0.519. The van der Waals surface area contributed by atoms with Gasteiger partial charge >= 0.3 is 6.18 Å². The molecule has 0 bridgehead atoms. The second kappa shape index (κ2) is 12.1. The molecular weight excluding hydrogens is 495 g/mol. The lowest BCUT2D eigenvalue weighted by molar-refractivity contribution is -0.144. The maximum Gasteiger partial charge on any atom is 0.451 e. The Labute approximate surface area is 220 Å². The van der Waals surface area contributed by atoms with Crippen molar-refractivity contribution in [1.82, 2.24) is 15.3 Å². The van der Waals surface area contributed by atoms with Crippen LogP contribution in [0, 0.1) is 28.6 Å². The SMILES string of the molecule is N#CCCC1CCN(c2cc(N3CCCC3C(=O)NCCc3ccc(C#N)cc3)nc(C(F)(F)F)n2)CC1. The molecule has 2 saturated heterocycles. The third-order valence-electron chi connectivity index (χ3n) is 7.20. The van der Waals surface area contributed by atoms with E-state index in [9.17, 15) is 18.0 Å². The number of hydrogen-bond acceptors (Lipinski definition) is 7. The molecule has 8 nitrogen and oxygen atoms in total. The Morgan fingerprint density at radius 2 is 1.76 bits per heavy atom. The number of rotatable bonds is 8. The van der Waals surface area contributed by atoms with Gasteiger partial charge in [-0.1, -0.05) is 12.1 Å². The van der Waals surface area contributed by atoms with E-state index in [0.29, 0.717) is 63.3 Å². The highest BCUT2D eigenvalue weighted by Crippen LogP contribution is 2.34. The molecule has 1 atom stereocenters. The molecule has 4 rings (SSSR count). The molecular formula is C27H30F3N7O. The summed E-state index contributed by atoms with van der Waals surface area (Å²) in [6.07, 6.45) is -0.104. The summed E-state index contributed by atoms with van der Waals surface area (Å²) < 4.78 is 41.2. The van der Waals surface area contributed by atoms with Gasteiger partial charge in [-0.3, -0.25) is 4.79 Å². The highest BCUT2D eigenvalue weighted by Gasteiger charge is 2.38. The van der Waals surface area contributed by atoms with Crippen LogP contribution in [-0.2, 0) is 17.4 Å². The molecule has 38 heavy (non-hydrogen) atoms.